The van der Waals surface area contributed by atoms with Crippen molar-refractivity contribution in [2.75, 3.05) is 19.6 Å². The van der Waals surface area contributed by atoms with Crippen molar-refractivity contribution < 1.29 is 13.2 Å². The molecule has 2 aliphatic heterocycles. The molecule has 0 N–H and O–H groups in total. The van der Waals surface area contributed by atoms with E-state index in [4.69, 9.17) is 0 Å². The summed E-state index contributed by atoms with van der Waals surface area (Å²) < 4.78 is 27.3. The van der Waals surface area contributed by atoms with Gasteiger partial charge in [0.2, 0.25) is 15.9 Å². The Balaban J connectivity index is 1.53. The lowest BCUT2D eigenvalue weighted by Gasteiger charge is -2.44. The molecule has 26 heavy (non-hydrogen) atoms. The fourth-order valence-electron chi connectivity index (χ4n) is 4.91. The molecule has 142 valence electrons. The van der Waals surface area contributed by atoms with Gasteiger partial charge in [-0.05, 0) is 44.2 Å². The first-order chi connectivity index (χ1) is 12.5. The first kappa shape index (κ1) is 17.9. The highest BCUT2D eigenvalue weighted by Crippen LogP contribution is 2.43. The summed E-state index contributed by atoms with van der Waals surface area (Å²) in [7, 11) is -3.58. The highest BCUT2D eigenvalue weighted by atomic mass is 32.2. The number of sulfonamides is 1. The van der Waals surface area contributed by atoms with Crippen LogP contribution in [-0.4, -0.2) is 54.2 Å². The number of pyridine rings is 1. The van der Waals surface area contributed by atoms with E-state index in [1.807, 2.05) is 0 Å². The van der Waals surface area contributed by atoms with Crippen molar-refractivity contribution in [2.45, 2.75) is 62.3 Å². The average Bonchev–Trinajstić information content (AvgIpc) is 3.11. The normalized spacial score (nSPS) is 28.8. The first-order valence-corrected chi connectivity index (χ1v) is 11.2. The number of carbonyl (C=O) groups excluding carboxylic acids is 1. The lowest BCUT2D eigenvalue weighted by atomic mass is 9.77. The lowest BCUT2D eigenvalue weighted by molar-refractivity contribution is -0.149. The third-order valence-corrected chi connectivity index (χ3v) is 8.20. The maximum absolute atomic E-state index is 13.3. The second kappa shape index (κ2) is 6.93. The number of nitrogens with zero attached hydrogens (tertiary/aromatic N) is 3. The fraction of sp³-hybridized carbons (Fsp3) is 0.684. The van der Waals surface area contributed by atoms with Gasteiger partial charge in [-0.3, -0.25) is 9.78 Å². The van der Waals surface area contributed by atoms with Crippen LogP contribution in [0.2, 0.25) is 0 Å². The fourth-order valence-corrected chi connectivity index (χ4v) is 6.40. The standard InChI is InChI=1S/C19H27N3O3S/c23-18-19(9-5-12-22(18)16-6-2-1-3-7-16)10-13-21(15-19)26(24,25)17-8-4-11-20-14-17/h4,8,11,14,16H,1-3,5-7,9-10,12-13,15H2/t19-/m0/s1. The Morgan fingerprint density at radius 3 is 2.62 bits per heavy atom. The van der Waals surface area contributed by atoms with E-state index in [9.17, 15) is 13.2 Å². The van der Waals surface area contributed by atoms with E-state index < -0.39 is 15.4 Å². The van der Waals surface area contributed by atoms with Crippen LogP contribution in [0.25, 0.3) is 0 Å². The quantitative estimate of drug-likeness (QED) is 0.811. The van der Waals surface area contributed by atoms with Crippen molar-refractivity contribution in [1.29, 1.82) is 0 Å². The van der Waals surface area contributed by atoms with Gasteiger partial charge in [-0.15, -0.1) is 0 Å². The number of carbonyl (C=O) groups is 1. The van der Waals surface area contributed by atoms with Gasteiger partial charge < -0.3 is 4.90 Å². The number of piperidine rings is 1. The van der Waals surface area contributed by atoms with Crippen molar-refractivity contribution in [3.63, 3.8) is 0 Å². The number of likely N-dealkylation sites (tertiary alicyclic amines) is 1. The molecule has 1 spiro atoms. The van der Waals surface area contributed by atoms with Gasteiger partial charge in [0.05, 0.1) is 5.41 Å². The Morgan fingerprint density at radius 1 is 1.08 bits per heavy atom. The van der Waals surface area contributed by atoms with Gasteiger partial charge in [0.15, 0.2) is 0 Å². The Labute approximate surface area is 155 Å². The van der Waals surface area contributed by atoms with Crippen molar-refractivity contribution in [3.8, 4) is 0 Å². The second-order valence-electron chi connectivity index (χ2n) is 7.95. The number of aromatic nitrogens is 1. The predicted molar refractivity (Wildman–Crippen MR) is 97.9 cm³/mol. The molecule has 4 rings (SSSR count). The number of hydrogen-bond acceptors (Lipinski definition) is 4. The van der Waals surface area contributed by atoms with Gasteiger partial charge in [0.1, 0.15) is 4.90 Å². The topological polar surface area (TPSA) is 70.6 Å². The van der Waals surface area contributed by atoms with Gasteiger partial charge in [-0.25, -0.2) is 8.42 Å². The largest absolute Gasteiger partial charge is 0.339 e. The number of rotatable bonds is 3. The summed E-state index contributed by atoms with van der Waals surface area (Å²) in [6, 6.07) is 3.57. The molecule has 1 amide bonds. The number of amides is 1. The Kier molecular flexibility index (Phi) is 4.77. The molecular formula is C19H27N3O3S. The zero-order chi connectivity index (χ0) is 18.2. The van der Waals surface area contributed by atoms with E-state index in [0.717, 1.165) is 32.2 Å². The van der Waals surface area contributed by atoms with Gasteiger partial charge >= 0.3 is 0 Å². The van der Waals surface area contributed by atoms with Gasteiger partial charge in [-0.1, -0.05) is 19.3 Å². The molecule has 0 radical (unpaired) electrons. The SMILES string of the molecule is O=C1N(C2CCCCC2)CCC[C@@]12CCN(S(=O)(=O)c1cccnc1)C2. The maximum Gasteiger partial charge on any atom is 0.244 e. The van der Waals surface area contributed by atoms with E-state index in [2.05, 4.69) is 9.88 Å². The van der Waals surface area contributed by atoms with Gasteiger partial charge in [-0.2, -0.15) is 4.31 Å². The molecule has 0 bridgehead atoms. The second-order valence-corrected chi connectivity index (χ2v) is 9.89. The lowest BCUT2D eigenvalue weighted by Crippen LogP contribution is -2.54. The highest BCUT2D eigenvalue weighted by Gasteiger charge is 2.52. The first-order valence-electron chi connectivity index (χ1n) is 9.74. The van der Waals surface area contributed by atoms with Crippen LogP contribution in [-0.2, 0) is 14.8 Å². The molecule has 7 heteroatoms. The van der Waals surface area contributed by atoms with Crippen LogP contribution in [0, 0.1) is 5.41 Å². The summed E-state index contributed by atoms with van der Waals surface area (Å²) in [5, 5.41) is 0. The van der Waals surface area contributed by atoms with Crippen LogP contribution in [0.3, 0.4) is 0 Å². The molecule has 3 fully saturated rings. The van der Waals surface area contributed by atoms with E-state index in [0.29, 0.717) is 25.6 Å². The Hall–Kier alpha value is -1.47. The third kappa shape index (κ3) is 3.05. The van der Waals surface area contributed by atoms with Crippen molar-refractivity contribution >= 4 is 15.9 Å². The van der Waals surface area contributed by atoms with Crippen molar-refractivity contribution in [1.82, 2.24) is 14.2 Å². The van der Waals surface area contributed by atoms with Gasteiger partial charge in [0.25, 0.3) is 0 Å². The molecule has 1 aromatic heterocycles. The van der Waals surface area contributed by atoms with Crippen molar-refractivity contribution in [3.05, 3.63) is 24.5 Å². The van der Waals surface area contributed by atoms with E-state index in [1.54, 1.807) is 18.3 Å². The molecule has 3 heterocycles. The molecule has 2 saturated heterocycles. The highest BCUT2D eigenvalue weighted by molar-refractivity contribution is 7.89. The summed E-state index contributed by atoms with van der Waals surface area (Å²) in [5.74, 6) is 0.194. The van der Waals surface area contributed by atoms with Crippen LogP contribution in [0.5, 0.6) is 0 Å². The number of hydrogen-bond donors (Lipinski definition) is 0. The van der Waals surface area contributed by atoms with Crippen LogP contribution in [0.4, 0.5) is 0 Å². The molecule has 0 aromatic carbocycles. The summed E-state index contributed by atoms with van der Waals surface area (Å²) in [5.41, 5.74) is -0.523. The Morgan fingerprint density at radius 2 is 1.88 bits per heavy atom. The minimum atomic E-state index is -3.58. The monoisotopic (exact) mass is 377 g/mol. The smallest absolute Gasteiger partial charge is 0.244 e. The Bertz CT molecular complexity index is 761. The summed E-state index contributed by atoms with van der Waals surface area (Å²) in [4.78, 5) is 19.6. The minimum Gasteiger partial charge on any atom is -0.339 e. The molecule has 1 aliphatic carbocycles. The summed E-state index contributed by atoms with van der Waals surface area (Å²) in [6.07, 6.45) is 11.2. The van der Waals surface area contributed by atoms with Crippen LogP contribution < -0.4 is 0 Å². The molecule has 6 nitrogen and oxygen atoms in total. The van der Waals surface area contributed by atoms with Crippen LogP contribution in [0.15, 0.2) is 29.4 Å². The molecular weight excluding hydrogens is 350 g/mol. The maximum atomic E-state index is 13.3. The van der Waals surface area contributed by atoms with E-state index in [-0.39, 0.29) is 10.8 Å². The predicted octanol–water partition coefficient (Wildman–Crippen LogP) is 2.42. The molecule has 1 saturated carbocycles. The van der Waals surface area contributed by atoms with Crippen LogP contribution in [0.1, 0.15) is 51.4 Å². The zero-order valence-corrected chi connectivity index (χ0v) is 16.0. The van der Waals surface area contributed by atoms with Gasteiger partial charge in [0, 0.05) is 38.1 Å². The van der Waals surface area contributed by atoms with Crippen molar-refractivity contribution in [2.24, 2.45) is 5.41 Å². The zero-order valence-electron chi connectivity index (χ0n) is 15.1. The van der Waals surface area contributed by atoms with Crippen LogP contribution >= 0.6 is 0 Å². The third-order valence-electron chi connectivity index (χ3n) is 6.38. The molecule has 1 aromatic rings. The molecule has 3 aliphatic rings. The summed E-state index contributed by atoms with van der Waals surface area (Å²) >= 11 is 0. The van der Waals surface area contributed by atoms with E-state index in [1.165, 1.54) is 29.8 Å². The summed E-state index contributed by atoms with van der Waals surface area (Å²) in [6.45, 7) is 1.56. The molecule has 0 unspecified atom stereocenters. The average molecular weight is 378 g/mol. The molecule has 1 atom stereocenters. The van der Waals surface area contributed by atoms with E-state index >= 15 is 0 Å². The minimum absolute atomic E-state index is 0.194.